The molecule has 0 N–H and O–H groups in total. The van der Waals surface area contributed by atoms with E-state index in [0.717, 1.165) is 5.56 Å². The van der Waals surface area contributed by atoms with Crippen LogP contribution in [0.25, 0.3) is 0 Å². The van der Waals surface area contributed by atoms with Crippen LogP contribution < -0.4 is 9.47 Å². The molecule has 10 heteroatoms. The third kappa shape index (κ3) is 3.12. The predicted molar refractivity (Wildman–Crippen MR) is 129 cm³/mol. The van der Waals surface area contributed by atoms with E-state index in [4.69, 9.17) is 23.4 Å². The lowest BCUT2D eigenvalue weighted by Gasteiger charge is -2.68. The SMILES string of the molecule is CCOC(=O)C12CC(C=COC)(O[Si](C)(C)C)C13c1cc(OC)c(OC)cc1CCN3C(=O)C2=O. The molecular weight excluding hydrogens is 470 g/mol. The molecule has 3 aliphatic rings. The molecule has 9 nitrogen and oxygen atoms in total. The zero-order valence-corrected chi connectivity index (χ0v) is 22.4. The molecule has 4 rings (SSSR count). The number of ether oxygens (including phenoxy) is 4. The van der Waals surface area contributed by atoms with Crippen molar-refractivity contribution in [1.29, 1.82) is 0 Å². The summed E-state index contributed by atoms with van der Waals surface area (Å²) in [5.41, 5.74) is -2.94. The fourth-order valence-electron chi connectivity index (χ4n) is 6.25. The summed E-state index contributed by atoms with van der Waals surface area (Å²) in [6, 6.07) is 3.61. The number of fused-ring (bicyclic) bond motifs is 1. The molecule has 2 heterocycles. The van der Waals surface area contributed by atoms with Crippen molar-refractivity contribution in [3.63, 3.8) is 0 Å². The summed E-state index contributed by atoms with van der Waals surface area (Å²) in [6.07, 6.45) is 3.68. The second kappa shape index (κ2) is 8.37. The molecule has 3 atom stereocenters. The number of amides is 1. The highest BCUT2D eigenvalue weighted by atomic mass is 28.4. The molecule has 2 aliphatic heterocycles. The van der Waals surface area contributed by atoms with Crippen LogP contribution in [-0.4, -0.2) is 71.0 Å². The van der Waals surface area contributed by atoms with E-state index >= 15 is 0 Å². The highest BCUT2D eigenvalue weighted by Gasteiger charge is 2.89. The normalized spacial score (nSPS) is 29.3. The third-order valence-corrected chi connectivity index (χ3v) is 8.16. The smallest absolute Gasteiger partial charge is 0.323 e. The van der Waals surface area contributed by atoms with Crippen LogP contribution in [0.3, 0.4) is 0 Å². The molecular formula is C25H33NO8Si. The number of nitrogens with zero attached hydrogens (tertiary/aromatic N) is 1. The maximum atomic E-state index is 13.7. The van der Waals surface area contributed by atoms with Gasteiger partial charge in [-0.25, -0.2) is 0 Å². The number of rotatable bonds is 8. The molecule has 3 unspecified atom stereocenters. The number of carbonyl (C=O) groups is 3. The van der Waals surface area contributed by atoms with Crippen LogP contribution in [0.5, 0.6) is 11.5 Å². The number of benzene rings is 1. The first-order chi connectivity index (χ1) is 16.5. The highest BCUT2D eigenvalue weighted by Crippen LogP contribution is 2.73. The molecule has 2 fully saturated rings. The maximum absolute atomic E-state index is 13.7. The van der Waals surface area contributed by atoms with Crippen molar-refractivity contribution in [1.82, 2.24) is 4.90 Å². The van der Waals surface area contributed by atoms with Gasteiger partial charge in [-0.1, -0.05) is 0 Å². The lowest BCUT2D eigenvalue weighted by molar-refractivity contribution is -0.230. The molecule has 1 aromatic carbocycles. The van der Waals surface area contributed by atoms with Crippen LogP contribution in [0, 0.1) is 5.41 Å². The van der Waals surface area contributed by atoms with Gasteiger partial charge in [-0.3, -0.25) is 14.4 Å². The summed E-state index contributed by atoms with van der Waals surface area (Å²) < 4.78 is 28.7. The summed E-state index contributed by atoms with van der Waals surface area (Å²) >= 11 is 0. The molecule has 0 radical (unpaired) electrons. The molecule has 0 aromatic heterocycles. The van der Waals surface area contributed by atoms with E-state index in [2.05, 4.69) is 0 Å². The first kappa shape index (κ1) is 25.2. The Kier molecular flexibility index (Phi) is 6.04. The van der Waals surface area contributed by atoms with E-state index in [1.165, 1.54) is 25.4 Å². The summed E-state index contributed by atoms with van der Waals surface area (Å²) in [5.74, 6) is -1.23. The fourth-order valence-corrected chi connectivity index (χ4v) is 7.63. The molecule has 1 amide bonds. The second-order valence-electron chi connectivity index (χ2n) is 10.1. The molecule has 0 bridgehead atoms. The van der Waals surface area contributed by atoms with Crippen molar-refractivity contribution in [2.45, 2.75) is 50.5 Å². The van der Waals surface area contributed by atoms with E-state index in [-0.39, 0.29) is 19.6 Å². The number of carbonyl (C=O) groups excluding carboxylic acids is 3. The Bertz CT molecular complexity index is 1110. The monoisotopic (exact) mass is 503 g/mol. The lowest BCUT2D eigenvalue weighted by atomic mass is 9.42. The standard InChI is InChI=1S/C25H33NO8Si/c1-8-33-22(29)24-15-23(10-12-30-2,34-35(5,6)7)25(24)17-14-19(32-4)18(31-3)13-16(17)9-11-26(25)21(28)20(24)27/h10,12-14H,8-9,11,15H2,1-7H3. The topological polar surface area (TPSA) is 101 Å². The summed E-state index contributed by atoms with van der Waals surface area (Å²) in [5, 5.41) is 0. The van der Waals surface area contributed by atoms with Gasteiger partial charge in [-0.15, -0.1) is 0 Å². The average Bonchev–Trinajstić information content (AvgIpc) is 2.97. The van der Waals surface area contributed by atoms with Crippen LogP contribution >= 0.6 is 0 Å². The van der Waals surface area contributed by atoms with Gasteiger partial charge < -0.3 is 28.3 Å². The number of hydrogen-bond acceptors (Lipinski definition) is 8. The molecule has 1 spiro atoms. The van der Waals surface area contributed by atoms with Gasteiger partial charge in [-0.05, 0) is 62.3 Å². The molecule has 1 saturated carbocycles. The van der Waals surface area contributed by atoms with E-state index in [0.29, 0.717) is 23.5 Å². The minimum atomic E-state index is -2.31. The van der Waals surface area contributed by atoms with E-state index in [1.54, 1.807) is 26.2 Å². The predicted octanol–water partition coefficient (Wildman–Crippen LogP) is 2.57. The molecule has 1 aromatic rings. The zero-order valence-electron chi connectivity index (χ0n) is 21.4. The van der Waals surface area contributed by atoms with E-state index in [9.17, 15) is 14.4 Å². The van der Waals surface area contributed by atoms with Crippen LogP contribution in [0.2, 0.25) is 19.6 Å². The first-order valence-electron chi connectivity index (χ1n) is 11.7. The minimum Gasteiger partial charge on any atom is -0.505 e. The van der Waals surface area contributed by atoms with Gasteiger partial charge in [0.25, 0.3) is 5.91 Å². The molecule has 1 aliphatic carbocycles. The van der Waals surface area contributed by atoms with Crippen LogP contribution in [0.15, 0.2) is 24.5 Å². The summed E-state index contributed by atoms with van der Waals surface area (Å²) in [7, 11) is 2.27. The number of Topliss-reactive ketones (excluding diaryl/α,β-unsaturated/α-hetero) is 1. The molecule has 35 heavy (non-hydrogen) atoms. The number of methoxy groups -OCH3 is 3. The van der Waals surface area contributed by atoms with Gasteiger partial charge in [0.15, 0.2) is 25.2 Å². The Balaban J connectivity index is 2.13. The van der Waals surface area contributed by atoms with Crippen molar-refractivity contribution < 1.29 is 37.8 Å². The Morgan fingerprint density at radius 2 is 1.77 bits per heavy atom. The molecule has 190 valence electrons. The Morgan fingerprint density at radius 3 is 2.34 bits per heavy atom. The lowest BCUT2D eigenvalue weighted by Crippen LogP contribution is -2.81. The van der Waals surface area contributed by atoms with Gasteiger partial charge >= 0.3 is 5.97 Å². The van der Waals surface area contributed by atoms with E-state index in [1.807, 2.05) is 25.7 Å². The van der Waals surface area contributed by atoms with Crippen molar-refractivity contribution in [3.8, 4) is 11.5 Å². The number of ketones is 1. The number of esters is 1. The highest BCUT2D eigenvalue weighted by molar-refractivity contribution is 6.70. The quantitative estimate of drug-likeness (QED) is 0.175. The largest absolute Gasteiger partial charge is 0.505 e. The van der Waals surface area contributed by atoms with E-state index < -0.39 is 42.5 Å². The van der Waals surface area contributed by atoms with Gasteiger partial charge in [0.05, 0.1) is 34.2 Å². The second-order valence-corrected chi connectivity index (χ2v) is 14.5. The Hall–Kier alpha value is -2.85. The van der Waals surface area contributed by atoms with Crippen molar-refractivity contribution in [3.05, 3.63) is 35.6 Å². The minimum absolute atomic E-state index is 0.0299. The first-order valence-corrected chi connectivity index (χ1v) is 15.1. The summed E-state index contributed by atoms with van der Waals surface area (Å²) in [4.78, 5) is 42.5. The molecule has 1 saturated heterocycles. The van der Waals surface area contributed by atoms with Crippen LogP contribution in [0.1, 0.15) is 24.5 Å². The van der Waals surface area contributed by atoms with Gasteiger partial charge in [0.2, 0.25) is 5.78 Å². The summed E-state index contributed by atoms with van der Waals surface area (Å²) in [6.45, 7) is 8.07. The van der Waals surface area contributed by atoms with Gasteiger partial charge in [-0.2, -0.15) is 0 Å². The van der Waals surface area contributed by atoms with Crippen molar-refractivity contribution in [2.24, 2.45) is 5.41 Å². The third-order valence-electron chi connectivity index (χ3n) is 7.18. The van der Waals surface area contributed by atoms with Crippen LogP contribution in [-0.2, 0) is 40.2 Å². The average molecular weight is 504 g/mol. The fraction of sp³-hybridized carbons (Fsp3) is 0.560. The van der Waals surface area contributed by atoms with Crippen molar-refractivity contribution in [2.75, 3.05) is 34.5 Å². The van der Waals surface area contributed by atoms with Gasteiger partial charge in [0, 0.05) is 13.0 Å². The maximum Gasteiger partial charge on any atom is 0.323 e. The van der Waals surface area contributed by atoms with Crippen molar-refractivity contribution >= 4 is 26.0 Å². The Morgan fingerprint density at radius 1 is 1.11 bits per heavy atom. The Labute approximate surface area is 206 Å². The zero-order chi connectivity index (χ0) is 25.8. The van der Waals surface area contributed by atoms with Crippen LogP contribution in [0.4, 0.5) is 0 Å². The van der Waals surface area contributed by atoms with Gasteiger partial charge in [0.1, 0.15) is 11.1 Å². The number of hydrogen-bond donors (Lipinski definition) is 0.